The number of rotatable bonds is 0. The van der Waals surface area contributed by atoms with Crippen molar-refractivity contribution >= 4 is 0 Å². The minimum Gasteiger partial charge on any atom is 3.00 e. The third kappa shape index (κ3) is 45.0. The van der Waals surface area contributed by atoms with E-state index >= 15 is 0 Å². The van der Waals surface area contributed by atoms with Crippen LogP contribution in [0.1, 0.15) is 0 Å². The monoisotopic (exact) mass is 1430 g/mol. The van der Waals surface area contributed by atoms with E-state index in [4.69, 9.17) is 0 Å². The zero-order valence-electron chi connectivity index (χ0n) is 3.10. The summed E-state index contributed by atoms with van der Waals surface area (Å²) in [5.74, 6) is 0. The molecule has 0 aliphatic carbocycles. The van der Waals surface area contributed by atoms with Gasteiger partial charge < -0.3 is 0 Å². The van der Waals surface area contributed by atoms with Crippen LogP contribution in [0.4, 0.5) is 0 Å². The molecule has 0 amide bonds. The van der Waals surface area contributed by atoms with Crippen LogP contribution in [-0.4, -0.2) is 0 Å². The van der Waals surface area contributed by atoms with E-state index in [2.05, 4.69) is 0 Å². The van der Waals surface area contributed by atoms with Crippen molar-refractivity contribution < 1.29 is 359 Å². The van der Waals surface area contributed by atoms with Crippen LogP contribution in [0.2, 0.25) is 0 Å². The van der Waals surface area contributed by atoms with Gasteiger partial charge in [-0.1, -0.05) is 0 Å². The van der Waals surface area contributed by atoms with Gasteiger partial charge in [-0.05, 0) is 0 Å². The van der Waals surface area contributed by atoms with E-state index in [1.807, 2.05) is 0 Å². The number of hydrogen-bond acceptors (Lipinski definition) is 0. The Morgan fingerprint density at radius 1 is 1.00 bits per heavy atom. The quantitative estimate of drug-likeness (QED) is 0.301. The number of hydrogen-bond donors (Lipinski definition) is 0. The van der Waals surface area contributed by atoms with E-state index in [1.165, 1.54) is 0 Å². The van der Waals surface area contributed by atoms with Gasteiger partial charge in [0.25, 0.3) is 0 Å². The summed E-state index contributed by atoms with van der Waals surface area (Å²) < 4.78 is 0. The molecule has 0 atom stereocenters. The molecule has 0 spiro atoms. The molecule has 9 heteroatoms. The maximum Gasteiger partial charge on any atom is 3.00 e. The fourth-order valence-electron chi connectivity index (χ4n) is 0. The molecule has 0 bridgehead atoms. The van der Waals surface area contributed by atoms with E-state index in [9.17, 15) is 0 Å². The van der Waals surface area contributed by atoms with Crippen molar-refractivity contribution in [1.29, 1.82) is 0 Å². The molecule has 0 heterocycles. The first-order valence-corrected chi connectivity index (χ1v) is 0. The van der Waals surface area contributed by atoms with Gasteiger partial charge in [-0.15, -0.1) is 0 Å². The van der Waals surface area contributed by atoms with Gasteiger partial charge in [-0.3, -0.25) is 0 Å². The van der Waals surface area contributed by atoms with E-state index in [-0.39, 0.29) is 359 Å². The predicted octanol–water partition coefficient (Wildman–Crippen LogP) is 0. The molecule has 0 nitrogen and oxygen atoms in total. The summed E-state index contributed by atoms with van der Waals surface area (Å²) in [5.41, 5.74) is 0. The summed E-state index contributed by atoms with van der Waals surface area (Å²) in [6.45, 7) is 0. The van der Waals surface area contributed by atoms with Crippen LogP contribution < -0.4 is 0 Å². The summed E-state index contributed by atoms with van der Waals surface area (Å²) in [6, 6.07) is 0. The molecule has 9 heavy (non-hydrogen) atoms. The fraction of sp³-hybridized carbons (Fsp3) is 0. The van der Waals surface area contributed by atoms with E-state index in [0.29, 0.717) is 0 Å². The molecule has 0 aliphatic rings. The van der Waals surface area contributed by atoms with Crippen molar-refractivity contribution in [1.82, 2.24) is 0 Å². The predicted molar refractivity (Wildman–Crippen MR) is 0 cm³/mol. The fourth-order valence-corrected chi connectivity index (χ4v) is 0. The molecule has 0 fully saturated rings. The van der Waals surface area contributed by atoms with Gasteiger partial charge in [-0.2, -0.15) is 0 Å². The minimum atomic E-state index is 0. The van der Waals surface area contributed by atoms with Crippen LogP contribution in [-0.2, 0) is 0 Å². The molecule has 0 unspecified atom stereocenters. The van der Waals surface area contributed by atoms with Gasteiger partial charge in [0.05, 0.1) is 0 Å². The van der Waals surface area contributed by atoms with Crippen molar-refractivity contribution in [3.05, 3.63) is 0 Å². The molecule has 0 N–H and O–H groups in total. The maximum atomic E-state index is 0. The molecule has 54 valence electrons. The largest absolute Gasteiger partial charge is 3.00 e. The van der Waals surface area contributed by atoms with Gasteiger partial charge in [0.15, 0.2) is 0 Å². The summed E-state index contributed by atoms with van der Waals surface area (Å²) in [6.07, 6.45) is 0. The molecule has 0 rings (SSSR count). The second-order valence-electron chi connectivity index (χ2n) is 0. The smallest absolute Gasteiger partial charge is 3.00 e. The molecular weight excluding hydrogens is 1430 g/mol. The second-order valence-corrected chi connectivity index (χ2v) is 0. The molecule has 4 radical (unpaired) electrons. The third-order valence-electron chi connectivity index (χ3n) is 0. The first kappa shape index (κ1) is 58.5. The van der Waals surface area contributed by atoms with Crippen LogP contribution in [0, 0.1) is 359 Å². The van der Waals surface area contributed by atoms with Crippen LogP contribution in [0.15, 0.2) is 0 Å². The third-order valence-corrected chi connectivity index (χ3v) is 0. The summed E-state index contributed by atoms with van der Waals surface area (Å²) in [4.78, 5) is 0. The Morgan fingerprint density at radius 3 is 1.00 bits per heavy atom. The summed E-state index contributed by atoms with van der Waals surface area (Å²) in [7, 11) is 0. The Balaban J connectivity index is 0. The Hall–Kier alpha value is 11.9. The van der Waals surface area contributed by atoms with Crippen molar-refractivity contribution in [3.63, 3.8) is 0 Å². The normalized spacial score (nSPS) is 0. The molecule has 0 saturated heterocycles. The molecule has 0 aromatic carbocycles. The zero-order valence-corrected chi connectivity index (χ0v) is 23.0. The molecule has 0 saturated carbocycles. The van der Waals surface area contributed by atoms with Crippen molar-refractivity contribution in [2.45, 2.75) is 0 Å². The molecule has 0 aromatic heterocycles. The minimum absolute atomic E-state index is 0. The van der Waals surface area contributed by atoms with Crippen molar-refractivity contribution in [2.75, 3.05) is 0 Å². The first-order chi connectivity index (χ1) is 0. The average Bonchev–Trinajstić information content (AvgIpc) is 0. The molecular formula is DyErEuGdHoPmSmTbTm+27. The average molecular weight is 1430 g/mol. The van der Waals surface area contributed by atoms with E-state index in [1.54, 1.807) is 0 Å². The zero-order chi connectivity index (χ0) is 0. The second kappa shape index (κ2) is 50.2. The standard InChI is InChI=1S/Dy.Er.Eu.Gd.Ho.Pm.Sm.Tb.Tm/q9*+3. The molecule has 0 aliphatic heterocycles. The van der Waals surface area contributed by atoms with Crippen LogP contribution >= 0.6 is 0 Å². The van der Waals surface area contributed by atoms with Gasteiger partial charge >= 0.3 is 359 Å². The van der Waals surface area contributed by atoms with Crippen LogP contribution in [0.3, 0.4) is 0 Å². The van der Waals surface area contributed by atoms with Crippen molar-refractivity contribution in [3.8, 4) is 0 Å². The van der Waals surface area contributed by atoms with E-state index in [0.717, 1.165) is 0 Å². The van der Waals surface area contributed by atoms with Gasteiger partial charge in [0, 0.05) is 0 Å². The van der Waals surface area contributed by atoms with Gasteiger partial charge in [0.2, 0.25) is 0 Å². The SMILES string of the molecule is [Dy+3].[Er+3].[Eu+3].[Gd+3].[Ho+3].[Pm+3].[Sm+3].[Tb+3].[Tm+3]. The van der Waals surface area contributed by atoms with Gasteiger partial charge in [-0.25, -0.2) is 0 Å². The topological polar surface area (TPSA) is 0 Å². The summed E-state index contributed by atoms with van der Waals surface area (Å²) in [5, 5.41) is 0. The Labute approximate surface area is 344 Å². The Kier molecular flexibility index (Phi) is 326. The Bertz CT molecular complexity index is 28.5. The summed E-state index contributed by atoms with van der Waals surface area (Å²) >= 11 is 0. The van der Waals surface area contributed by atoms with Crippen LogP contribution in [0.5, 0.6) is 0 Å². The Morgan fingerprint density at radius 2 is 1.00 bits per heavy atom. The van der Waals surface area contributed by atoms with Crippen LogP contribution in [0.25, 0.3) is 0 Å². The van der Waals surface area contributed by atoms with Gasteiger partial charge in [0.1, 0.15) is 0 Å². The van der Waals surface area contributed by atoms with E-state index < -0.39 is 0 Å². The van der Waals surface area contributed by atoms with Crippen molar-refractivity contribution in [2.24, 2.45) is 0 Å². The maximum absolute atomic E-state index is 0. The first-order valence-electron chi connectivity index (χ1n) is 0. The molecule has 0 aromatic rings.